The molecule has 1 fully saturated rings. The Morgan fingerprint density at radius 2 is 1.68 bits per heavy atom. The highest BCUT2D eigenvalue weighted by molar-refractivity contribution is 7.89. The van der Waals surface area contributed by atoms with Crippen molar-refractivity contribution >= 4 is 27.5 Å². The lowest BCUT2D eigenvalue weighted by Gasteiger charge is -2.24. The molecular formula is C23H28N4O6S. The van der Waals surface area contributed by atoms with Crippen molar-refractivity contribution in [3.05, 3.63) is 47.5 Å². The summed E-state index contributed by atoms with van der Waals surface area (Å²) in [5, 5.41) is 19.5. The fourth-order valence-corrected chi connectivity index (χ4v) is 5.85. The predicted molar refractivity (Wildman–Crippen MR) is 124 cm³/mol. The highest BCUT2D eigenvalue weighted by Crippen LogP contribution is 2.35. The number of phenols is 2. The second-order valence-electron chi connectivity index (χ2n) is 8.57. The minimum Gasteiger partial charge on any atom is -0.508 e. The van der Waals surface area contributed by atoms with Gasteiger partial charge in [0.05, 0.1) is 0 Å². The topological polar surface area (TPSA) is 144 Å². The van der Waals surface area contributed by atoms with E-state index < -0.39 is 21.7 Å². The van der Waals surface area contributed by atoms with Crippen LogP contribution in [0.2, 0.25) is 0 Å². The van der Waals surface area contributed by atoms with Crippen LogP contribution >= 0.6 is 0 Å². The first kappa shape index (κ1) is 23.8. The molecule has 4 N–H and O–H groups in total. The van der Waals surface area contributed by atoms with Crippen LogP contribution in [0.15, 0.2) is 41.3 Å². The molecule has 2 aromatic rings. The highest BCUT2D eigenvalue weighted by atomic mass is 32.2. The van der Waals surface area contributed by atoms with Crippen LogP contribution in [0.1, 0.15) is 30.4 Å². The van der Waals surface area contributed by atoms with Crippen LogP contribution < -0.4 is 10.6 Å². The summed E-state index contributed by atoms with van der Waals surface area (Å²) in [5.74, 6) is -1.26. The van der Waals surface area contributed by atoms with Crippen molar-refractivity contribution < 1.29 is 28.2 Å². The van der Waals surface area contributed by atoms with Crippen LogP contribution in [-0.4, -0.2) is 65.8 Å². The van der Waals surface area contributed by atoms with Gasteiger partial charge in [0.25, 0.3) is 0 Å². The second-order valence-corrected chi connectivity index (χ2v) is 10.5. The standard InChI is InChI=1S/C23H28N4O6S/c24-22(30)6-7-23(31)26-9-1-8-25(10-11-26)18-3-2-16-14-27(15-17(16)12-18)34(32,33)21-5-4-19(28)13-20(21)29/h2-5,12-13,28-29H,1,6-11,14-15H2,(H2,24,30). The summed E-state index contributed by atoms with van der Waals surface area (Å²) in [5.41, 5.74) is 7.88. The van der Waals surface area contributed by atoms with Crippen LogP contribution in [0.25, 0.3) is 0 Å². The maximum absolute atomic E-state index is 13.1. The van der Waals surface area contributed by atoms with Gasteiger partial charge in [0.1, 0.15) is 16.4 Å². The molecule has 182 valence electrons. The number of nitrogens with two attached hydrogens (primary N) is 1. The number of primary amides is 1. The average molecular weight is 489 g/mol. The number of aromatic hydroxyl groups is 2. The van der Waals surface area contributed by atoms with E-state index >= 15 is 0 Å². The van der Waals surface area contributed by atoms with Gasteiger partial charge < -0.3 is 25.7 Å². The van der Waals surface area contributed by atoms with Crippen LogP contribution in [0.5, 0.6) is 11.5 Å². The van der Waals surface area contributed by atoms with E-state index in [-0.39, 0.29) is 42.5 Å². The molecule has 11 heteroatoms. The number of hydrogen-bond acceptors (Lipinski definition) is 7. The maximum atomic E-state index is 13.1. The fourth-order valence-electron chi connectivity index (χ4n) is 4.39. The van der Waals surface area contributed by atoms with E-state index in [1.165, 1.54) is 16.4 Å². The molecule has 4 rings (SSSR count). The Hall–Kier alpha value is -3.31. The number of carbonyl (C=O) groups is 2. The zero-order valence-electron chi connectivity index (χ0n) is 18.7. The SMILES string of the molecule is NC(=O)CCC(=O)N1CCCN(c2ccc3c(c2)CN(S(=O)(=O)c2ccc(O)cc2O)C3)CC1. The molecule has 0 aliphatic carbocycles. The third-order valence-electron chi connectivity index (χ3n) is 6.24. The van der Waals surface area contributed by atoms with E-state index in [1.807, 2.05) is 18.2 Å². The normalized spacial score (nSPS) is 16.8. The number of rotatable bonds is 6. The van der Waals surface area contributed by atoms with Crippen LogP contribution in [0, 0.1) is 0 Å². The van der Waals surface area contributed by atoms with Gasteiger partial charge in [0.2, 0.25) is 21.8 Å². The molecule has 2 amide bonds. The number of anilines is 1. The van der Waals surface area contributed by atoms with Crippen LogP contribution in [-0.2, 0) is 32.7 Å². The quantitative estimate of drug-likeness (QED) is 0.552. The fraction of sp³-hybridized carbons (Fsp3) is 0.391. The monoisotopic (exact) mass is 488 g/mol. The molecule has 0 unspecified atom stereocenters. The summed E-state index contributed by atoms with van der Waals surface area (Å²) in [6.07, 6.45) is 0.945. The number of amides is 2. The van der Waals surface area contributed by atoms with E-state index in [9.17, 15) is 28.2 Å². The Balaban J connectivity index is 1.44. The minimum atomic E-state index is -3.94. The van der Waals surface area contributed by atoms with Crippen molar-refractivity contribution in [2.24, 2.45) is 5.73 Å². The molecule has 0 atom stereocenters. The number of phenolic OH excluding ortho intramolecular Hbond substituents is 2. The Kier molecular flexibility index (Phi) is 6.67. The van der Waals surface area contributed by atoms with Crippen molar-refractivity contribution in [1.82, 2.24) is 9.21 Å². The van der Waals surface area contributed by atoms with Gasteiger partial charge >= 0.3 is 0 Å². The third-order valence-corrected chi connectivity index (χ3v) is 8.08. The zero-order valence-corrected chi connectivity index (χ0v) is 19.5. The van der Waals surface area contributed by atoms with Gasteiger partial charge in [-0.2, -0.15) is 4.31 Å². The van der Waals surface area contributed by atoms with Gasteiger partial charge in [-0.15, -0.1) is 0 Å². The van der Waals surface area contributed by atoms with Gasteiger partial charge in [-0.3, -0.25) is 9.59 Å². The number of fused-ring (bicyclic) bond motifs is 1. The van der Waals surface area contributed by atoms with Gasteiger partial charge in [-0.25, -0.2) is 8.42 Å². The van der Waals surface area contributed by atoms with Crippen molar-refractivity contribution in [2.45, 2.75) is 37.2 Å². The van der Waals surface area contributed by atoms with Gasteiger partial charge in [0.15, 0.2) is 0 Å². The lowest BCUT2D eigenvalue weighted by Crippen LogP contribution is -2.35. The first-order valence-electron chi connectivity index (χ1n) is 11.1. The first-order valence-corrected chi connectivity index (χ1v) is 12.5. The Labute approximate surface area is 198 Å². The number of hydrogen-bond donors (Lipinski definition) is 3. The highest BCUT2D eigenvalue weighted by Gasteiger charge is 2.33. The summed E-state index contributed by atoms with van der Waals surface area (Å²) >= 11 is 0. The number of sulfonamides is 1. The smallest absolute Gasteiger partial charge is 0.247 e. The molecule has 34 heavy (non-hydrogen) atoms. The molecule has 2 aliphatic heterocycles. The summed E-state index contributed by atoms with van der Waals surface area (Å²) in [6, 6.07) is 9.29. The molecule has 0 spiro atoms. The Bertz CT molecular complexity index is 1220. The van der Waals surface area contributed by atoms with Crippen molar-refractivity contribution in [1.29, 1.82) is 0 Å². The number of nitrogens with zero attached hydrogens (tertiary/aromatic N) is 3. The first-order chi connectivity index (χ1) is 16.1. The molecule has 0 radical (unpaired) electrons. The van der Waals surface area contributed by atoms with Crippen LogP contribution in [0.3, 0.4) is 0 Å². The average Bonchev–Trinajstić information content (AvgIpc) is 3.07. The summed E-state index contributed by atoms with van der Waals surface area (Å²) in [6.45, 7) is 2.90. The Morgan fingerprint density at radius 3 is 2.41 bits per heavy atom. The van der Waals surface area contributed by atoms with Gasteiger partial charge in [0, 0.05) is 63.9 Å². The molecule has 2 aromatic carbocycles. The lowest BCUT2D eigenvalue weighted by molar-refractivity contribution is -0.132. The van der Waals surface area contributed by atoms with E-state index in [4.69, 9.17) is 5.73 Å². The lowest BCUT2D eigenvalue weighted by atomic mass is 10.1. The van der Waals surface area contributed by atoms with E-state index in [2.05, 4.69) is 4.90 Å². The number of carbonyl (C=O) groups excluding carboxylic acids is 2. The molecule has 2 aliphatic rings. The molecule has 10 nitrogen and oxygen atoms in total. The van der Waals surface area contributed by atoms with E-state index in [0.29, 0.717) is 19.6 Å². The minimum absolute atomic E-state index is 0.0468. The largest absolute Gasteiger partial charge is 0.508 e. The molecule has 2 heterocycles. The molecule has 0 aromatic heterocycles. The predicted octanol–water partition coefficient (Wildman–Crippen LogP) is 1.11. The summed E-state index contributed by atoms with van der Waals surface area (Å²) in [4.78, 5) is 27.0. The molecular weight excluding hydrogens is 460 g/mol. The van der Waals surface area contributed by atoms with Crippen molar-refractivity contribution in [2.75, 3.05) is 31.1 Å². The number of benzene rings is 2. The van der Waals surface area contributed by atoms with Crippen molar-refractivity contribution in [3.8, 4) is 11.5 Å². The van der Waals surface area contributed by atoms with E-state index in [1.54, 1.807) is 4.90 Å². The van der Waals surface area contributed by atoms with Gasteiger partial charge in [-0.05, 0) is 41.8 Å². The summed E-state index contributed by atoms with van der Waals surface area (Å²) < 4.78 is 27.4. The van der Waals surface area contributed by atoms with Crippen LogP contribution in [0.4, 0.5) is 5.69 Å². The maximum Gasteiger partial charge on any atom is 0.247 e. The summed E-state index contributed by atoms with van der Waals surface area (Å²) in [7, 11) is -3.94. The molecule has 0 bridgehead atoms. The van der Waals surface area contributed by atoms with Crippen molar-refractivity contribution in [3.63, 3.8) is 0 Å². The Morgan fingerprint density at radius 1 is 0.912 bits per heavy atom. The van der Waals surface area contributed by atoms with Gasteiger partial charge in [-0.1, -0.05) is 6.07 Å². The molecule has 1 saturated heterocycles. The second kappa shape index (κ2) is 9.51. The van der Waals surface area contributed by atoms with E-state index in [0.717, 1.165) is 35.8 Å². The zero-order chi connectivity index (χ0) is 24.5. The third kappa shape index (κ3) is 4.95. The molecule has 0 saturated carbocycles.